The van der Waals surface area contributed by atoms with Crippen LogP contribution in [0.3, 0.4) is 0 Å². The molecule has 2 aromatic carbocycles. The molecule has 0 fully saturated rings. The molecule has 144 valence electrons. The highest BCUT2D eigenvalue weighted by molar-refractivity contribution is 6.39. The number of carbonyl (C=O) groups is 2. The maximum absolute atomic E-state index is 12.4. The van der Waals surface area contributed by atoms with E-state index >= 15 is 0 Å². The summed E-state index contributed by atoms with van der Waals surface area (Å²) in [6, 6.07) is 10.7. The van der Waals surface area contributed by atoms with Gasteiger partial charge in [0.1, 0.15) is 0 Å². The van der Waals surface area contributed by atoms with Crippen LogP contribution in [-0.2, 0) is 9.53 Å². The molecule has 0 unspecified atom stereocenters. The second-order valence-corrected chi connectivity index (χ2v) is 7.66. The Morgan fingerprint density at radius 1 is 0.926 bits per heavy atom. The molecule has 4 nitrogen and oxygen atoms in total. The number of hydrogen-bond donors (Lipinski definition) is 1. The van der Waals surface area contributed by atoms with Crippen molar-refractivity contribution >= 4 is 40.8 Å². The largest absolute Gasteiger partial charge is 0.452 e. The number of anilines is 1. The van der Waals surface area contributed by atoms with Gasteiger partial charge in [0, 0.05) is 5.69 Å². The van der Waals surface area contributed by atoms with E-state index in [0.717, 1.165) is 16.8 Å². The molecule has 1 amide bonds. The van der Waals surface area contributed by atoms with Crippen molar-refractivity contribution in [1.29, 1.82) is 0 Å². The molecule has 0 aromatic heterocycles. The Morgan fingerprint density at radius 2 is 1.41 bits per heavy atom. The Labute approximate surface area is 169 Å². The highest BCUT2D eigenvalue weighted by atomic mass is 35.5. The van der Waals surface area contributed by atoms with Crippen molar-refractivity contribution in [2.24, 2.45) is 0 Å². The molecular weight excluding hydrogens is 385 g/mol. The third-order valence-corrected chi connectivity index (χ3v) is 4.77. The van der Waals surface area contributed by atoms with Gasteiger partial charge in [-0.3, -0.25) is 4.79 Å². The second-order valence-electron chi connectivity index (χ2n) is 6.84. The molecule has 0 aliphatic rings. The Kier molecular flexibility index (Phi) is 7.28. The zero-order chi connectivity index (χ0) is 20.1. The van der Waals surface area contributed by atoms with Gasteiger partial charge in [-0.15, -0.1) is 0 Å². The van der Waals surface area contributed by atoms with E-state index in [4.69, 9.17) is 27.9 Å². The molecule has 2 aromatic rings. The summed E-state index contributed by atoms with van der Waals surface area (Å²) in [6.07, 6.45) is 0. The zero-order valence-electron chi connectivity index (χ0n) is 15.8. The summed E-state index contributed by atoms with van der Waals surface area (Å²) < 4.78 is 5.10. The summed E-state index contributed by atoms with van der Waals surface area (Å²) >= 11 is 12.0. The minimum absolute atomic E-state index is 0.0547. The maximum Gasteiger partial charge on any atom is 0.341 e. The Bertz CT molecular complexity index is 801. The lowest BCUT2D eigenvalue weighted by Gasteiger charge is -2.20. The molecule has 0 aliphatic heterocycles. The van der Waals surface area contributed by atoms with Gasteiger partial charge in [0.2, 0.25) is 0 Å². The number of rotatable bonds is 6. The average molecular weight is 408 g/mol. The topological polar surface area (TPSA) is 55.4 Å². The van der Waals surface area contributed by atoms with E-state index in [1.165, 1.54) is 12.1 Å². The highest BCUT2D eigenvalue weighted by Crippen LogP contribution is 2.32. The number of para-hydroxylation sites is 1. The molecule has 0 atom stereocenters. The first kappa shape index (κ1) is 21.3. The molecule has 2 rings (SSSR count). The molecule has 0 heterocycles. The molecule has 0 spiro atoms. The smallest absolute Gasteiger partial charge is 0.341 e. The molecule has 0 aliphatic carbocycles. The molecule has 0 saturated carbocycles. The molecular formula is C21H23Cl2NO3. The van der Waals surface area contributed by atoms with Crippen LogP contribution in [0.2, 0.25) is 10.0 Å². The first-order valence-electron chi connectivity index (χ1n) is 8.76. The Balaban J connectivity index is 2.14. The molecule has 27 heavy (non-hydrogen) atoms. The van der Waals surface area contributed by atoms with E-state index in [0.29, 0.717) is 0 Å². The third-order valence-electron chi connectivity index (χ3n) is 4.14. The number of carbonyl (C=O) groups excluding carboxylic acids is 2. The summed E-state index contributed by atoms with van der Waals surface area (Å²) in [6.45, 7) is 7.83. The lowest BCUT2D eigenvalue weighted by molar-refractivity contribution is -0.119. The monoisotopic (exact) mass is 407 g/mol. The maximum atomic E-state index is 12.4. The standard InChI is InChI=1S/C21H23Cl2NO3/c1-12(2)14-7-5-8-15(13(3)4)20(14)24-18(25)11-27-21(26)19-16(22)9-6-10-17(19)23/h5-10,12-13H,11H2,1-4H3,(H,24,25). The number of esters is 1. The Hall–Kier alpha value is -2.04. The first-order valence-corrected chi connectivity index (χ1v) is 9.51. The molecule has 0 radical (unpaired) electrons. The SMILES string of the molecule is CC(C)c1cccc(C(C)C)c1NC(=O)COC(=O)c1c(Cl)cccc1Cl. The normalized spacial score (nSPS) is 11.0. The van der Waals surface area contributed by atoms with Crippen LogP contribution < -0.4 is 5.32 Å². The van der Waals surface area contributed by atoms with Crippen LogP contribution in [0, 0.1) is 0 Å². The molecule has 6 heteroatoms. The fourth-order valence-electron chi connectivity index (χ4n) is 2.77. The number of ether oxygens (including phenoxy) is 1. The lowest BCUT2D eigenvalue weighted by Crippen LogP contribution is -2.23. The van der Waals surface area contributed by atoms with Gasteiger partial charge in [-0.1, -0.05) is 75.2 Å². The number of hydrogen-bond acceptors (Lipinski definition) is 3. The van der Waals surface area contributed by atoms with Crippen LogP contribution in [0.4, 0.5) is 5.69 Å². The minimum atomic E-state index is -0.734. The van der Waals surface area contributed by atoms with Crippen LogP contribution in [0.5, 0.6) is 0 Å². The van der Waals surface area contributed by atoms with Gasteiger partial charge in [-0.25, -0.2) is 4.79 Å². The Morgan fingerprint density at radius 3 is 1.89 bits per heavy atom. The van der Waals surface area contributed by atoms with Crippen molar-refractivity contribution in [2.75, 3.05) is 11.9 Å². The summed E-state index contributed by atoms with van der Waals surface area (Å²) in [5.41, 5.74) is 2.91. The first-order chi connectivity index (χ1) is 12.7. The van der Waals surface area contributed by atoms with E-state index < -0.39 is 18.5 Å². The van der Waals surface area contributed by atoms with Crippen LogP contribution >= 0.6 is 23.2 Å². The summed E-state index contributed by atoms with van der Waals surface area (Å²) in [4.78, 5) is 24.6. The third kappa shape index (κ3) is 5.24. The quantitative estimate of drug-likeness (QED) is 0.594. The van der Waals surface area contributed by atoms with Gasteiger partial charge in [0.25, 0.3) is 5.91 Å². The van der Waals surface area contributed by atoms with Gasteiger partial charge in [-0.05, 0) is 35.1 Å². The van der Waals surface area contributed by atoms with Crippen molar-refractivity contribution in [2.45, 2.75) is 39.5 Å². The van der Waals surface area contributed by atoms with E-state index in [9.17, 15) is 9.59 Å². The van der Waals surface area contributed by atoms with Crippen molar-refractivity contribution < 1.29 is 14.3 Å². The van der Waals surface area contributed by atoms with Crippen LogP contribution in [0.15, 0.2) is 36.4 Å². The average Bonchev–Trinajstić information content (AvgIpc) is 2.59. The van der Waals surface area contributed by atoms with Gasteiger partial charge in [0.05, 0.1) is 15.6 Å². The van der Waals surface area contributed by atoms with E-state index in [2.05, 4.69) is 33.0 Å². The zero-order valence-corrected chi connectivity index (χ0v) is 17.3. The van der Waals surface area contributed by atoms with Crippen LogP contribution in [0.1, 0.15) is 61.0 Å². The van der Waals surface area contributed by atoms with Crippen LogP contribution in [-0.4, -0.2) is 18.5 Å². The van der Waals surface area contributed by atoms with Crippen molar-refractivity contribution in [3.05, 3.63) is 63.1 Å². The van der Waals surface area contributed by atoms with E-state index in [1.54, 1.807) is 6.07 Å². The van der Waals surface area contributed by atoms with Crippen molar-refractivity contribution in [3.8, 4) is 0 Å². The van der Waals surface area contributed by atoms with Crippen LogP contribution in [0.25, 0.3) is 0 Å². The fourth-order valence-corrected chi connectivity index (χ4v) is 3.32. The number of benzene rings is 2. The predicted octanol–water partition coefficient (Wildman–Crippen LogP) is 6.04. The van der Waals surface area contributed by atoms with Crippen molar-refractivity contribution in [1.82, 2.24) is 0 Å². The number of halogens is 2. The highest BCUT2D eigenvalue weighted by Gasteiger charge is 2.19. The number of nitrogens with one attached hydrogen (secondary N) is 1. The lowest BCUT2D eigenvalue weighted by atomic mass is 9.92. The summed E-state index contributed by atoms with van der Waals surface area (Å²) in [5, 5.41) is 3.26. The van der Waals surface area contributed by atoms with Gasteiger partial charge in [-0.2, -0.15) is 0 Å². The molecule has 1 N–H and O–H groups in total. The molecule has 0 saturated heterocycles. The minimum Gasteiger partial charge on any atom is -0.452 e. The summed E-state index contributed by atoms with van der Waals surface area (Å²) in [5.74, 6) is -0.671. The van der Waals surface area contributed by atoms with Gasteiger partial charge < -0.3 is 10.1 Å². The van der Waals surface area contributed by atoms with E-state index in [-0.39, 0.29) is 27.4 Å². The predicted molar refractivity (Wildman–Crippen MR) is 110 cm³/mol. The van der Waals surface area contributed by atoms with Gasteiger partial charge >= 0.3 is 5.97 Å². The van der Waals surface area contributed by atoms with Gasteiger partial charge in [0.15, 0.2) is 6.61 Å². The number of amides is 1. The van der Waals surface area contributed by atoms with E-state index in [1.807, 2.05) is 18.2 Å². The fraction of sp³-hybridized carbons (Fsp3) is 0.333. The van der Waals surface area contributed by atoms with Crippen molar-refractivity contribution in [3.63, 3.8) is 0 Å². The molecule has 0 bridgehead atoms. The second kappa shape index (κ2) is 9.25. The summed E-state index contributed by atoms with van der Waals surface area (Å²) in [7, 11) is 0.